The zero-order chi connectivity index (χ0) is 23.2. The molecule has 1 atom stereocenters. The van der Waals surface area contributed by atoms with Gasteiger partial charge in [-0.15, -0.1) is 0 Å². The van der Waals surface area contributed by atoms with E-state index in [1.165, 1.54) is 0 Å². The van der Waals surface area contributed by atoms with E-state index < -0.39 is 0 Å². The number of ether oxygens (including phenoxy) is 1. The van der Waals surface area contributed by atoms with Gasteiger partial charge < -0.3 is 9.64 Å². The van der Waals surface area contributed by atoms with Crippen molar-refractivity contribution in [1.82, 2.24) is 19.4 Å². The number of carbonyl (C=O) groups is 1. The van der Waals surface area contributed by atoms with Crippen LogP contribution in [-0.4, -0.2) is 58.0 Å². The minimum absolute atomic E-state index is 0.0147. The molecule has 2 heterocycles. The quantitative estimate of drug-likeness (QED) is 0.529. The number of amides is 1. The summed E-state index contributed by atoms with van der Waals surface area (Å²) >= 11 is 0. The van der Waals surface area contributed by atoms with Gasteiger partial charge in [-0.3, -0.25) is 19.1 Å². The predicted molar refractivity (Wildman–Crippen MR) is 129 cm³/mol. The van der Waals surface area contributed by atoms with Gasteiger partial charge in [0.1, 0.15) is 12.4 Å². The summed E-state index contributed by atoms with van der Waals surface area (Å²) in [5, 5.41) is 0.656. The molecule has 7 heteroatoms. The third-order valence-electron chi connectivity index (χ3n) is 6.34. The summed E-state index contributed by atoms with van der Waals surface area (Å²) in [6.45, 7) is 8.01. The normalized spacial score (nSPS) is 15.6. The summed E-state index contributed by atoms with van der Waals surface area (Å²) in [4.78, 5) is 34.8. The Morgan fingerprint density at radius 2 is 1.70 bits per heavy atom. The van der Waals surface area contributed by atoms with Crippen LogP contribution in [0.5, 0.6) is 0 Å². The van der Waals surface area contributed by atoms with Crippen molar-refractivity contribution in [2.45, 2.75) is 39.5 Å². The summed E-state index contributed by atoms with van der Waals surface area (Å²) in [5.41, 5.74) is 1.82. The first kappa shape index (κ1) is 23.1. The van der Waals surface area contributed by atoms with Crippen LogP contribution in [-0.2, 0) is 22.7 Å². The average molecular weight is 449 g/mol. The molecular formula is C26H32N4O3. The number of hydrogen-bond acceptors (Lipinski definition) is 5. The number of rotatable bonds is 8. The molecule has 1 aromatic heterocycles. The highest BCUT2D eigenvalue weighted by molar-refractivity contribution is 5.78. The highest BCUT2D eigenvalue weighted by Crippen LogP contribution is 2.25. The van der Waals surface area contributed by atoms with E-state index in [0.29, 0.717) is 31.6 Å². The Morgan fingerprint density at radius 1 is 1.00 bits per heavy atom. The Balaban J connectivity index is 1.40. The van der Waals surface area contributed by atoms with E-state index in [4.69, 9.17) is 9.72 Å². The van der Waals surface area contributed by atoms with Crippen LogP contribution in [0.3, 0.4) is 0 Å². The lowest BCUT2D eigenvalue weighted by atomic mass is 10.1. The number of carbonyl (C=O) groups excluding carboxylic acids is 1. The molecule has 0 bridgehead atoms. The Kier molecular flexibility index (Phi) is 7.52. The fourth-order valence-electron chi connectivity index (χ4n) is 4.55. The maximum absolute atomic E-state index is 13.1. The van der Waals surface area contributed by atoms with Gasteiger partial charge >= 0.3 is 0 Å². The largest absolute Gasteiger partial charge is 0.367 e. The van der Waals surface area contributed by atoms with E-state index in [1.54, 1.807) is 4.57 Å². The van der Waals surface area contributed by atoms with Crippen LogP contribution in [0.1, 0.15) is 37.7 Å². The van der Waals surface area contributed by atoms with Crippen LogP contribution in [0.2, 0.25) is 0 Å². The van der Waals surface area contributed by atoms with Gasteiger partial charge in [0.15, 0.2) is 0 Å². The maximum Gasteiger partial charge on any atom is 0.261 e. The van der Waals surface area contributed by atoms with Gasteiger partial charge in [-0.2, -0.15) is 0 Å². The van der Waals surface area contributed by atoms with Crippen molar-refractivity contribution < 1.29 is 9.53 Å². The van der Waals surface area contributed by atoms with Gasteiger partial charge in [0.25, 0.3) is 5.56 Å². The Hall–Kier alpha value is -3.03. The van der Waals surface area contributed by atoms with Crippen LogP contribution in [0, 0.1) is 0 Å². The smallest absolute Gasteiger partial charge is 0.261 e. The van der Waals surface area contributed by atoms with Gasteiger partial charge in [-0.25, -0.2) is 4.98 Å². The second-order valence-corrected chi connectivity index (χ2v) is 8.36. The van der Waals surface area contributed by atoms with E-state index in [1.807, 2.05) is 66.4 Å². The van der Waals surface area contributed by atoms with Crippen molar-refractivity contribution in [3.05, 3.63) is 76.3 Å². The van der Waals surface area contributed by atoms with Crippen LogP contribution in [0.4, 0.5) is 0 Å². The van der Waals surface area contributed by atoms with Crippen LogP contribution >= 0.6 is 0 Å². The molecule has 1 amide bonds. The van der Waals surface area contributed by atoms with Crippen LogP contribution in [0.25, 0.3) is 10.9 Å². The molecule has 0 spiro atoms. The Labute approximate surface area is 194 Å². The summed E-state index contributed by atoms with van der Waals surface area (Å²) in [7, 11) is 0. The number of fused-ring (bicyclic) bond motifs is 1. The molecule has 1 fully saturated rings. The van der Waals surface area contributed by atoms with Crippen molar-refractivity contribution in [2.75, 3.05) is 32.8 Å². The van der Waals surface area contributed by atoms with Crippen LogP contribution < -0.4 is 5.56 Å². The van der Waals surface area contributed by atoms with Crippen LogP contribution in [0.15, 0.2) is 59.4 Å². The minimum Gasteiger partial charge on any atom is -0.367 e. The van der Waals surface area contributed by atoms with Gasteiger partial charge in [0, 0.05) is 32.7 Å². The molecule has 0 saturated carbocycles. The topological polar surface area (TPSA) is 67.7 Å². The highest BCUT2D eigenvalue weighted by Gasteiger charge is 2.29. The van der Waals surface area contributed by atoms with E-state index in [2.05, 4.69) is 11.8 Å². The van der Waals surface area contributed by atoms with Gasteiger partial charge in [0.05, 0.1) is 23.6 Å². The monoisotopic (exact) mass is 448 g/mol. The number of aromatic nitrogens is 2. The van der Waals surface area contributed by atoms with E-state index >= 15 is 0 Å². The van der Waals surface area contributed by atoms with Crippen molar-refractivity contribution in [3.63, 3.8) is 0 Å². The Bertz CT molecular complexity index is 1140. The van der Waals surface area contributed by atoms with Gasteiger partial charge in [-0.05, 0) is 31.0 Å². The lowest BCUT2D eigenvalue weighted by molar-refractivity contribution is -0.138. The lowest BCUT2D eigenvalue weighted by Crippen LogP contribution is -2.51. The number of para-hydroxylation sites is 1. The fraction of sp³-hybridized carbons (Fsp3) is 0.423. The number of piperazine rings is 1. The molecular weight excluding hydrogens is 416 g/mol. The zero-order valence-electron chi connectivity index (χ0n) is 19.4. The zero-order valence-corrected chi connectivity index (χ0v) is 19.4. The second-order valence-electron chi connectivity index (χ2n) is 8.36. The standard InChI is InChI=1S/C26H32N4O3/c1-3-23(25-27-22-13-9-8-12-21(22)26(32)30(25)4-2)28-14-16-29(17-15-28)24(31)19-33-18-20-10-6-5-7-11-20/h5-13,23H,3-4,14-19H2,1-2H3. The molecule has 1 aliphatic heterocycles. The molecule has 0 N–H and O–H groups in total. The first-order valence-electron chi connectivity index (χ1n) is 11.7. The third kappa shape index (κ3) is 5.15. The lowest BCUT2D eigenvalue weighted by Gasteiger charge is -2.39. The molecule has 0 aliphatic carbocycles. The summed E-state index contributed by atoms with van der Waals surface area (Å²) < 4.78 is 7.43. The number of nitrogens with zero attached hydrogens (tertiary/aromatic N) is 4. The number of benzene rings is 2. The average Bonchev–Trinajstić information content (AvgIpc) is 2.86. The molecule has 33 heavy (non-hydrogen) atoms. The van der Waals surface area contributed by atoms with Gasteiger partial charge in [0.2, 0.25) is 5.91 Å². The predicted octanol–water partition coefficient (Wildman–Crippen LogP) is 3.23. The molecule has 174 valence electrons. The van der Waals surface area contributed by atoms with E-state index in [0.717, 1.165) is 36.4 Å². The molecule has 1 aliphatic rings. The highest BCUT2D eigenvalue weighted by atomic mass is 16.5. The van der Waals surface area contributed by atoms with Crippen molar-refractivity contribution in [3.8, 4) is 0 Å². The SMILES string of the molecule is CCC(c1nc2ccccc2c(=O)n1CC)N1CCN(C(=O)COCc2ccccc2)CC1. The molecule has 7 nitrogen and oxygen atoms in total. The van der Waals surface area contributed by atoms with E-state index in [-0.39, 0.29) is 24.1 Å². The molecule has 2 aromatic carbocycles. The molecule has 1 saturated heterocycles. The van der Waals surface area contributed by atoms with Crippen molar-refractivity contribution in [1.29, 1.82) is 0 Å². The summed E-state index contributed by atoms with van der Waals surface area (Å²) in [5.74, 6) is 0.836. The van der Waals surface area contributed by atoms with Crippen molar-refractivity contribution in [2.24, 2.45) is 0 Å². The number of hydrogen-bond donors (Lipinski definition) is 0. The van der Waals surface area contributed by atoms with Gasteiger partial charge in [-0.1, -0.05) is 49.4 Å². The molecule has 3 aromatic rings. The maximum atomic E-state index is 13.1. The Morgan fingerprint density at radius 3 is 2.39 bits per heavy atom. The first-order chi connectivity index (χ1) is 16.1. The van der Waals surface area contributed by atoms with E-state index in [9.17, 15) is 9.59 Å². The molecule has 1 unspecified atom stereocenters. The third-order valence-corrected chi connectivity index (χ3v) is 6.34. The molecule has 4 rings (SSSR count). The van der Waals surface area contributed by atoms with Crippen molar-refractivity contribution >= 4 is 16.8 Å². The fourth-order valence-corrected chi connectivity index (χ4v) is 4.55. The summed E-state index contributed by atoms with van der Waals surface area (Å²) in [6, 6.07) is 17.4. The molecule has 0 radical (unpaired) electrons. The first-order valence-corrected chi connectivity index (χ1v) is 11.7. The summed E-state index contributed by atoms with van der Waals surface area (Å²) in [6.07, 6.45) is 0.846. The second kappa shape index (κ2) is 10.7. The minimum atomic E-state index is 0.0147.